The summed E-state index contributed by atoms with van der Waals surface area (Å²) in [5.74, 6) is 0. The molecule has 1 N–H and O–H groups in total. The molecule has 1 aromatic carbocycles. The molecule has 2 rings (SSSR count). The fraction of sp³-hybridized carbons (Fsp3) is 0.438. The first kappa shape index (κ1) is 13.8. The molecule has 0 aliphatic rings. The van der Waals surface area contributed by atoms with Crippen molar-refractivity contribution in [1.29, 1.82) is 0 Å². The van der Waals surface area contributed by atoms with E-state index in [1.807, 2.05) is 12.4 Å². The lowest BCUT2D eigenvalue weighted by Crippen LogP contribution is -2.29. The van der Waals surface area contributed by atoms with Crippen LogP contribution in [0.3, 0.4) is 0 Å². The van der Waals surface area contributed by atoms with Crippen molar-refractivity contribution in [2.45, 2.75) is 26.2 Å². The zero-order chi connectivity index (χ0) is 13.3. The van der Waals surface area contributed by atoms with Gasteiger partial charge in [0.15, 0.2) is 0 Å². The van der Waals surface area contributed by atoms with Crippen LogP contribution in [0, 0.1) is 0 Å². The number of hydrogen-bond donors (Lipinski definition) is 1. The van der Waals surface area contributed by atoms with E-state index in [-0.39, 0.29) is 0 Å². The highest BCUT2D eigenvalue weighted by atomic mass is 15.1. The molecule has 1 heterocycles. The SMILES string of the molecule is CCCN(CCc1ccccc1)CCc1cn[nH]c1. The van der Waals surface area contributed by atoms with Crippen LogP contribution in [0.15, 0.2) is 42.7 Å². The van der Waals surface area contributed by atoms with Crippen molar-refractivity contribution in [1.82, 2.24) is 15.1 Å². The summed E-state index contributed by atoms with van der Waals surface area (Å²) < 4.78 is 0. The molecule has 3 nitrogen and oxygen atoms in total. The number of rotatable bonds is 8. The lowest BCUT2D eigenvalue weighted by atomic mass is 10.1. The molecule has 0 saturated heterocycles. The smallest absolute Gasteiger partial charge is 0.0519 e. The standard InChI is InChI=1S/C16H23N3/c1-2-10-19(12-9-16-13-17-18-14-16)11-8-15-6-4-3-5-7-15/h3-7,13-14H,2,8-12H2,1H3,(H,17,18). The highest BCUT2D eigenvalue weighted by Gasteiger charge is 2.05. The molecule has 0 amide bonds. The van der Waals surface area contributed by atoms with Gasteiger partial charge in [-0.25, -0.2) is 0 Å². The molecule has 0 fully saturated rings. The van der Waals surface area contributed by atoms with Crippen LogP contribution >= 0.6 is 0 Å². The number of hydrogen-bond acceptors (Lipinski definition) is 2. The summed E-state index contributed by atoms with van der Waals surface area (Å²) in [4.78, 5) is 2.54. The lowest BCUT2D eigenvalue weighted by molar-refractivity contribution is 0.281. The van der Waals surface area contributed by atoms with E-state index in [0.717, 1.165) is 25.9 Å². The normalized spacial score (nSPS) is 11.1. The van der Waals surface area contributed by atoms with Crippen LogP contribution in [0.4, 0.5) is 0 Å². The van der Waals surface area contributed by atoms with Gasteiger partial charge in [-0.2, -0.15) is 5.10 Å². The van der Waals surface area contributed by atoms with E-state index < -0.39 is 0 Å². The molecule has 0 atom stereocenters. The van der Waals surface area contributed by atoms with Crippen LogP contribution in [0.5, 0.6) is 0 Å². The maximum atomic E-state index is 4.00. The van der Waals surface area contributed by atoms with Gasteiger partial charge in [0.1, 0.15) is 0 Å². The highest BCUT2D eigenvalue weighted by Crippen LogP contribution is 2.04. The second kappa shape index (κ2) is 7.74. The predicted molar refractivity (Wildman–Crippen MR) is 79.2 cm³/mol. The van der Waals surface area contributed by atoms with Crippen molar-refractivity contribution < 1.29 is 0 Å². The van der Waals surface area contributed by atoms with Gasteiger partial charge in [0.2, 0.25) is 0 Å². The van der Waals surface area contributed by atoms with Gasteiger partial charge in [-0.3, -0.25) is 5.10 Å². The van der Waals surface area contributed by atoms with Gasteiger partial charge in [-0.15, -0.1) is 0 Å². The molecule has 102 valence electrons. The van der Waals surface area contributed by atoms with Gasteiger partial charge >= 0.3 is 0 Å². The first-order chi connectivity index (χ1) is 9.38. The van der Waals surface area contributed by atoms with Crippen molar-refractivity contribution in [3.63, 3.8) is 0 Å². The van der Waals surface area contributed by atoms with Gasteiger partial charge in [0.25, 0.3) is 0 Å². The summed E-state index contributed by atoms with van der Waals surface area (Å²) in [6.45, 7) is 5.66. The highest BCUT2D eigenvalue weighted by molar-refractivity contribution is 5.14. The summed E-state index contributed by atoms with van der Waals surface area (Å²) in [5, 5.41) is 6.87. The van der Waals surface area contributed by atoms with Crippen molar-refractivity contribution in [2.75, 3.05) is 19.6 Å². The molecular weight excluding hydrogens is 234 g/mol. The molecule has 2 aromatic rings. The first-order valence-corrected chi connectivity index (χ1v) is 7.12. The third-order valence-corrected chi connectivity index (χ3v) is 3.37. The average Bonchev–Trinajstić information content (AvgIpc) is 2.96. The molecule has 0 radical (unpaired) electrons. The zero-order valence-corrected chi connectivity index (χ0v) is 11.7. The largest absolute Gasteiger partial charge is 0.303 e. The minimum atomic E-state index is 1.07. The van der Waals surface area contributed by atoms with Crippen LogP contribution in [0.1, 0.15) is 24.5 Å². The number of nitrogens with zero attached hydrogens (tertiary/aromatic N) is 2. The fourth-order valence-electron chi connectivity index (χ4n) is 2.29. The van der Waals surface area contributed by atoms with Crippen molar-refractivity contribution in [3.8, 4) is 0 Å². The third kappa shape index (κ3) is 4.87. The molecule has 3 heteroatoms. The topological polar surface area (TPSA) is 31.9 Å². The van der Waals surface area contributed by atoms with E-state index in [0.29, 0.717) is 0 Å². The summed E-state index contributed by atoms with van der Waals surface area (Å²) in [6.07, 6.45) is 7.32. The lowest BCUT2D eigenvalue weighted by Gasteiger charge is -2.21. The fourth-order valence-corrected chi connectivity index (χ4v) is 2.29. The minimum absolute atomic E-state index is 1.07. The second-order valence-electron chi connectivity index (χ2n) is 4.93. The molecule has 19 heavy (non-hydrogen) atoms. The summed E-state index contributed by atoms with van der Waals surface area (Å²) in [7, 11) is 0. The Labute approximate surface area is 115 Å². The average molecular weight is 257 g/mol. The van der Waals surface area contributed by atoms with Gasteiger partial charge in [-0.1, -0.05) is 37.3 Å². The number of aromatic amines is 1. The molecule has 0 aliphatic heterocycles. The molecule has 0 saturated carbocycles. The Bertz CT molecular complexity index is 436. The van der Waals surface area contributed by atoms with Crippen molar-refractivity contribution in [2.24, 2.45) is 0 Å². The van der Waals surface area contributed by atoms with E-state index in [1.54, 1.807) is 0 Å². The van der Waals surface area contributed by atoms with Crippen LogP contribution in [0.25, 0.3) is 0 Å². The van der Waals surface area contributed by atoms with Crippen LogP contribution < -0.4 is 0 Å². The summed E-state index contributed by atoms with van der Waals surface area (Å²) >= 11 is 0. The molecule has 0 unspecified atom stereocenters. The molecule has 0 aliphatic carbocycles. The predicted octanol–water partition coefficient (Wildman–Crippen LogP) is 2.91. The van der Waals surface area contributed by atoms with E-state index in [9.17, 15) is 0 Å². The van der Waals surface area contributed by atoms with Crippen LogP contribution in [-0.2, 0) is 12.8 Å². The number of H-pyrrole nitrogens is 1. The zero-order valence-electron chi connectivity index (χ0n) is 11.7. The van der Waals surface area contributed by atoms with E-state index in [4.69, 9.17) is 0 Å². The van der Waals surface area contributed by atoms with Gasteiger partial charge in [0, 0.05) is 19.3 Å². The maximum Gasteiger partial charge on any atom is 0.0519 e. The Balaban J connectivity index is 1.78. The van der Waals surface area contributed by atoms with Crippen molar-refractivity contribution >= 4 is 0 Å². The van der Waals surface area contributed by atoms with E-state index >= 15 is 0 Å². The van der Waals surface area contributed by atoms with Crippen molar-refractivity contribution in [3.05, 3.63) is 53.9 Å². The molecule has 0 spiro atoms. The molecular formula is C16H23N3. The maximum absolute atomic E-state index is 4.00. The van der Waals surface area contributed by atoms with E-state index in [1.165, 1.54) is 24.1 Å². The molecule has 1 aromatic heterocycles. The Morgan fingerprint density at radius 1 is 1.00 bits per heavy atom. The third-order valence-electron chi connectivity index (χ3n) is 3.37. The van der Waals surface area contributed by atoms with Crippen LogP contribution in [-0.4, -0.2) is 34.7 Å². The molecule has 0 bridgehead atoms. The minimum Gasteiger partial charge on any atom is -0.303 e. The number of nitrogens with one attached hydrogen (secondary N) is 1. The quantitative estimate of drug-likeness (QED) is 0.788. The monoisotopic (exact) mass is 257 g/mol. The summed E-state index contributed by atoms with van der Waals surface area (Å²) in [6, 6.07) is 10.7. The Hall–Kier alpha value is -1.61. The van der Waals surface area contributed by atoms with Gasteiger partial charge in [-0.05, 0) is 36.9 Å². The number of aromatic nitrogens is 2. The Morgan fingerprint density at radius 2 is 1.74 bits per heavy atom. The Kier molecular flexibility index (Phi) is 5.63. The number of benzene rings is 1. The van der Waals surface area contributed by atoms with Gasteiger partial charge in [0.05, 0.1) is 6.20 Å². The van der Waals surface area contributed by atoms with Crippen LogP contribution in [0.2, 0.25) is 0 Å². The second-order valence-corrected chi connectivity index (χ2v) is 4.93. The van der Waals surface area contributed by atoms with Gasteiger partial charge < -0.3 is 4.90 Å². The summed E-state index contributed by atoms with van der Waals surface area (Å²) in [5.41, 5.74) is 2.72. The van der Waals surface area contributed by atoms with E-state index in [2.05, 4.69) is 52.4 Å². The Morgan fingerprint density at radius 3 is 2.37 bits per heavy atom. The first-order valence-electron chi connectivity index (χ1n) is 7.12.